The van der Waals surface area contributed by atoms with E-state index in [0.29, 0.717) is 5.92 Å². The molecule has 12 heteroatoms. The van der Waals surface area contributed by atoms with E-state index in [-0.39, 0.29) is 10.8 Å². The molecule has 0 radical (unpaired) electrons. The molecule has 0 spiro atoms. The van der Waals surface area contributed by atoms with Crippen molar-refractivity contribution in [1.82, 2.24) is 60.0 Å². The van der Waals surface area contributed by atoms with Crippen molar-refractivity contribution >= 4 is 0 Å². The van der Waals surface area contributed by atoms with Gasteiger partial charge in [0.15, 0.2) is 0 Å². The minimum Gasteiger partial charge on any atom is -0.220 e. The van der Waals surface area contributed by atoms with E-state index in [1.165, 1.54) is 5.56 Å². The topological polar surface area (TPSA) is 123 Å². The molecule has 0 unspecified atom stereocenters. The summed E-state index contributed by atoms with van der Waals surface area (Å²) in [6.45, 7) is 20.0. The zero-order valence-corrected chi connectivity index (χ0v) is 34.6. The van der Waals surface area contributed by atoms with Gasteiger partial charge in [-0.3, -0.25) is 0 Å². The molecule has 16 bridgehead atoms. The lowest BCUT2D eigenvalue weighted by Gasteiger charge is -2.30. The average molecular weight is 769 g/mol. The third kappa shape index (κ3) is 6.71. The van der Waals surface area contributed by atoms with Crippen molar-refractivity contribution in [3.05, 3.63) is 120 Å². The molecular formula is C46H48N12. The van der Waals surface area contributed by atoms with Crippen LogP contribution < -0.4 is 0 Å². The molecule has 0 N–H and O–H groups in total. The van der Waals surface area contributed by atoms with Crippen molar-refractivity contribution in [2.24, 2.45) is 5.92 Å². The smallest absolute Gasteiger partial charge is 0.113 e. The zero-order valence-electron chi connectivity index (χ0n) is 34.6. The van der Waals surface area contributed by atoms with Crippen molar-refractivity contribution < 1.29 is 0 Å². The van der Waals surface area contributed by atoms with Crippen LogP contribution in [0.1, 0.15) is 84.6 Å². The van der Waals surface area contributed by atoms with Gasteiger partial charge in [0, 0.05) is 22.3 Å². The van der Waals surface area contributed by atoms with E-state index in [0.717, 1.165) is 97.3 Å². The van der Waals surface area contributed by atoms with Gasteiger partial charge in [0.05, 0.1) is 47.5 Å². The first kappa shape index (κ1) is 37.0. The van der Waals surface area contributed by atoms with Gasteiger partial charge < -0.3 is 0 Å². The fourth-order valence-corrected chi connectivity index (χ4v) is 7.33. The Bertz CT molecular complexity index is 2650. The van der Waals surface area contributed by atoms with Crippen LogP contribution in [-0.4, -0.2) is 60.0 Å². The highest BCUT2D eigenvalue weighted by molar-refractivity contribution is 5.72. The molecule has 58 heavy (non-hydrogen) atoms. The Balaban J connectivity index is 1.28. The number of hydrogen-bond donors (Lipinski definition) is 0. The largest absolute Gasteiger partial charge is 0.220 e. The van der Waals surface area contributed by atoms with Gasteiger partial charge in [-0.25, -0.2) is 18.7 Å². The second-order valence-corrected chi connectivity index (χ2v) is 17.3. The van der Waals surface area contributed by atoms with Crippen molar-refractivity contribution in [3.8, 4) is 67.8 Å². The van der Waals surface area contributed by atoms with E-state index in [1.54, 1.807) is 0 Å². The van der Waals surface area contributed by atoms with Gasteiger partial charge in [-0.2, -0.15) is 0 Å². The Morgan fingerprint density at radius 1 is 0.431 bits per heavy atom. The highest BCUT2D eigenvalue weighted by atomic mass is 15.4. The summed E-state index contributed by atoms with van der Waals surface area (Å²) in [5, 5.41) is 37.5. The summed E-state index contributed by atoms with van der Waals surface area (Å²) in [7, 11) is 0. The fraction of sp³-hybridized carbons (Fsp3) is 0.304. The maximum atomic E-state index is 4.71. The minimum atomic E-state index is -0.143. The molecule has 5 heterocycles. The molecule has 0 saturated heterocycles. The van der Waals surface area contributed by atoms with Gasteiger partial charge in [-0.15, -0.1) is 20.4 Å². The monoisotopic (exact) mass is 768 g/mol. The van der Waals surface area contributed by atoms with Crippen LogP contribution in [-0.2, 0) is 23.7 Å². The van der Waals surface area contributed by atoms with Gasteiger partial charge in [-0.05, 0) is 125 Å². The van der Waals surface area contributed by atoms with Gasteiger partial charge in [0.25, 0.3) is 0 Å². The van der Waals surface area contributed by atoms with Crippen LogP contribution in [0, 0.1) is 5.92 Å². The molecule has 0 aliphatic carbocycles. The third-order valence-electron chi connectivity index (χ3n) is 11.9. The number of benzene rings is 4. The van der Waals surface area contributed by atoms with E-state index >= 15 is 0 Å². The minimum absolute atomic E-state index is 0.140. The molecule has 1 aliphatic heterocycles. The maximum Gasteiger partial charge on any atom is 0.113 e. The molecule has 12 nitrogen and oxygen atoms in total. The summed E-state index contributed by atoms with van der Waals surface area (Å²) in [6.07, 6.45) is 9.66. The van der Waals surface area contributed by atoms with Crippen LogP contribution in [0.25, 0.3) is 67.8 Å². The van der Waals surface area contributed by atoms with Crippen LogP contribution in [0.4, 0.5) is 0 Å². The lowest BCUT2D eigenvalue weighted by Crippen LogP contribution is -2.25. The molecule has 0 fully saturated rings. The Morgan fingerprint density at radius 3 is 1.02 bits per heavy atom. The molecule has 4 aromatic heterocycles. The summed E-state index contributed by atoms with van der Waals surface area (Å²) < 4.78 is 7.39. The highest BCUT2D eigenvalue weighted by Gasteiger charge is 2.27. The molecule has 0 atom stereocenters. The van der Waals surface area contributed by atoms with Crippen molar-refractivity contribution in [2.75, 3.05) is 0 Å². The normalized spacial score (nSPS) is 12.5. The van der Waals surface area contributed by atoms with Crippen LogP contribution in [0.15, 0.2) is 97.6 Å². The average Bonchev–Trinajstić information content (AvgIpc) is 4.07. The van der Waals surface area contributed by atoms with Gasteiger partial charge >= 0.3 is 0 Å². The summed E-state index contributed by atoms with van der Waals surface area (Å²) >= 11 is 0. The van der Waals surface area contributed by atoms with Crippen LogP contribution in [0.3, 0.4) is 0 Å². The standard InChI is InChI=1S/C46H48N12/c1-10-29-12-31-16-33(14-29)43-26-57(53-49-43)39-20-36(46(8,9)28(3)4)21-40(23-39)58-27-44(50-54-58)34-15-30(11-2)13-32(17-34)42-25-56(52-48-42)38-19-35(45(5,6)7)18-37(22-38)55-24-41(31)47-51-55/h12-28H,10-11H2,1-9H3. The number of nitrogens with zero attached hydrogens (tertiary/aromatic N) is 12. The first-order valence-corrected chi connectivity index (χ1v) is 20.1. The fourth-order valence-electron chi connectivity index (χ4n) is 7.33. The van der Waals surface area contributed by atoms with Crippen molar-refractivity contribution in [1.29, 1.82) is 0 Å². The van der Waals surface area contributed by atoms with Gasteiger partial charge in [-0.1, -0.05) is 83.2 Å². The SMILES string of the molecule is CCc1cc2cc(c1)-c1cn(nn1)-c1cc(cc(C(C)(C)C(C)C)c1)-n1cc(nn1)-c1cc(CC)cc(c1)-c1cn(nn1)-c1cc(cc(C(C)(C)C)c1)-n1cc-2nn1. The van der Waals surface area contributed by atoms with Crippen molar-refractivity contribution in [2.45, 2.75) is 86.0 Å². The summed E-state index contributed by atoms with van der Waals surface area (Å²) in [6, 6.07) is 25.9. The first-order chi connectivity index (χ1) is 27.7. The van der Waals surface area contributed by atoms with Gasteiger partial charge in [0.1, 0.15) is 22.8 Å². The second-order valence-electron chi connectivity index (χ2n) is 17.3. The predicted molar refractivity (Wildman–Crippen MR) is 227 cm³/mol. The van der Waals surface area contributed by atoms with Crippen LogP contribution >= 0.6 is 0 Å². The first-order valence-electron chi connectivity index (χ1n) is 20.1. The molecule has 1 aliphatic rings. The second kappa shape index (κ2) is 13.8. The molecule has 0 saturated carbocycles. The molecular weight excluding hydrogens is 721 g/mol. The highest BCUT2D eigenvalue weighted by Crippen LogP contribution is 2.36. The number of aromatic nitrogens is 12. The molecule has 4 aromatic carbocycles. The van der Waals surface area contributed by atoms with E-state index in [2.05, 4.69) is 166 Å². The summed E-state index contributed by atoms with van der Waals surface area (Å²) in [5.74, 6) is 0.374. The van der Waals surface area contributed by atoms with E-state index in [4.69, 9.17) is 10.2 Å². The molecule has 0 amide bonds. The van der Waals surface area contributed by atoms with Crippen LogP contribution in [0.5, 0.6) is 0 Å². The molecule has 9 rings (SSSR count). The van der Waals surface area contributed by atoms with E-state index in [9.17, 15) is 0 Å². The molecule has 292 valence electrons. The van der Waals surface area contributed by atoms with Gasteiger partial charge in [0.2, 0.25) is 0 Å². The predicted octanol–water partition coefficient (Wildman–Crippen LogP) is 9.35. The molecule has 8 aromatic rings. The summed E-state index contributed by atoms with van der Waals surface area (Å²) in [5.41, 5.74) is 14.7. The number of rotatable bonds is 4. The van der Waals surface area contributed by atoms with E-state index in [1.807, 2.05) is 43.5 Å². The zero-order chi connectivity index (χ0) is 40.5. The van der Waals surface area contributed by atoms with Crippen molar-refractivity contribution in [3.63, 3.8) is 0 Å². The quantitative estimate of drug-likeness (QED) is 0.174. The Morgan fingerprint density at radius 2 is 0.741 bits per heavy atom. The lowest BCUT2D eigenvalue weighted by atomic mass is 9.75. The number of fused-ring (bicyclic) bond motifs is 24. The number of aryl methyl sites for hydroxylation is 2. The Kier molecular flexibility index (Phi) is 8.83. The lowest BCUT2D eigenvalue weighted by molar-refractivity contribution is 0.372. The maximum absolute atomic E-state index is 4.71. The summed E-state index contributed by atoms with van der Waals surface area (Å²) in [4.78, 5) is 0. The van der Waals surface area contributed by atoms with Crippen LogP contribution in [0.2, 0.25) is 0 Å². The Hall–Kier alpha value is -6.56. The Labute approximate surface area is 338 Å². The van der Waals surface area contributed by atoms with E-state index < -0.39 is 0 Å². The third-order valence-corrected chi connectivity index (χ3v) is 11.9. The number of hydrogen-bond acceptors (Lipinski definition) is 8.